The predicted octanol–water partition coefficient (Wildman–Crippen LogP) is 0.879. The Bertz CT molecular complexity index is 512. The Hall–Kier alpha value is -2.13. The fraction of sp³-hybridized carbons (Fsp3) is 0.462. The molecule has 1 aromatic rings. The van der Waals surface area contributed by atoms with Crippen LogP contribution in [0, 0.1) is 17.2 Å². The highest BCUT2D eigenvalue weighted by molar-refractivity contribution is 5.72. The summed E-state index contributed by atoms with van der Waals surface area (Å²) in [7, 11) is 0. The van der Waals surface area contributed by atoms with Gasteiger partial charge in [0.15, 0.2) is 0 Å². The normalized spacial score (nSPS) is 21.9. The van der Waals surface area contributed by atoms with Gasteiger partial charge < -0.3 is 14.7 Å². The lowest BCUT2D eigenvalue weighted by Crippen LogP contribution is -2.44. The molecule has 0 radical (unpaired) electrons. The van der Waals surface area contributed by atoms with Crippen molar-refractivity contribution in [2.45, 2.75) is 13.0 Å². The quantitative estimate of drug-likeness (QED) is 0.865. The largest absolute Gasteiger partial charge is 0.481 e. The summed E-state index contributed by atoms with van der Waals surface area (Å²) < 4.78 is 5.28. The van der Waals surface area contributed by atoms with Gasteiger partial charge in [-0.15, -0.1) is 0 Å². The Morgan fingerprint density at radius 3 is 3.11 bits per heavy atom. The molecule has 2 heterocycles. The van der Waals surface area contributed by atoms with Crippen molar-refractivity contribution in [2.75, 3.05) is 24.7 Å². The van der Waals surface area contributed by atoms with E-state index in [1.54, 1.807) is 18.3 Å². The van der Waals surface area contributed by atoms with E-state index in [-0.39, 0.29) is 12.6 Å². The van der Waals surface area contributed by atoms with Gasteiger partial charge in [0.2, 0.25) is 0 Å². The van der Waals surface area contributed by atoms with E-state index < -0.39 is 11.9 Å². The van der Waals surface area contributed by atoms with Gasteiger partial charge in [0.05, 0.1) is 24.8 Å². The summed E-state index contributed by atoms with van der Waals surface area (Å²) in [6.07, 6.45) is 1.60. The number of likely N-dealkylation sites (N-methyl/N-ethyl adjacent to an activating group) is 1. The number of ether oxygens (including phenoxy) is 1. The van der Waals surface area contributed by atoms with Crippen LogP contribution in [-0.4, -0.2) is 41.9 Å². The fourth-order valence-electron chi connectivity index (χ4n) is 2.34. The van der Waals surface area contributed by atoms with E-state index in [0.717, 1.165) is 0 Å². The first-order chi connectivity index (χ1) is 9.19. The lowest BCUT2D eigenvalue weighted by molar-refractivity contribution is -0.141. The van der Waals surface area contributed by atoms with Crippen LogP contribution in [-0.2, 0) is 9.53 Å². The maximum absolute atomic E-state index is 11.2. The molecular formula is C13H15N3O3. The molecule has 1 aliphatic heterocycles. The summed E-state index contributed by atoms with van der Waals surface area (Å²) in [5.74, 6) is -0.946. The molecule has 1 N–H and O–H groups in total. The van der Waals surface area contributed by atoms with Crippen molar-refractivity contribution in [3.63, 3.8) is 0 Å². The van der Waals surface area contributed by atoms with Crippen LogP contribution >= 0.6 is 0 Å². The van der Waals surface area contributed by atoms with Gasteiger partial charge in [-0.2, -0.15) is 5.26 Å². The first kappa shape index (κ1) is 13.3. The van der Waals surface area contributed by atoms with Crippen LogP contribution in [0.3, 0.4) is 0 Å². The number of pyridine rings is 1. The van der Waals surface area contributed by atoms with E-state index in [1.165, 1.54) is 0 Å². The molecule has 1 fully saturated rings. The first-order valence-electron chi connectivity index (χ1n) is 6.11. The number of carboxylic acid groups (broad SMARTS) is 1. The van der Waals surface area contributed by atoms with Crippen LogP contribution in [0.15, 0.2) is 18.3 Å². The SMILES string of the molecule is CCN(c1ncccc1C#N)C1COCC1C(=O)O. The Morgan fingerprint density at radius 2 is 2.47 bits per heavy atom. The van der Waals surface area contributed by atoms with Gasteiger partial charge in [0.1, 0.15) is 17.8 Å². The fourth-order valence-corrected chi connectivity index (χ4v) is 2.34. The molecule has 1 saturated heterocycles. The molecule has 0 amide bonds. The number of hydrogen-bond acceptors (Lipinski definition) is 5. The van der Waals surface area contributed by atoms with E-state index in [9.17, 15) is 9.90 Å². The zero-order valence-electron chi connectivity index (χ0n) is 10.6. The molecule has 0 spiro atoms. The van der Waals surface area contributed by atoms with Crippen molar-refractivity contribution in [1.82, 2.24) is 4.98 Å². The number of nitrogens with zero attached hydrogens (tertiary/aromatic N) is 3. The minimum Gasteiger partial charge on any atom is -0.481 e. The van der Waals surface area contributed by atoms with Crippen molar-refractivity contribution in [3.05, 3.63) is 23.9 Å². The van der Waals surface area contributed by atoms with E-state index >= 15 is 0 Å². The second-order valence-electron chi connectivity index (χ2n) is 4.32. The van der Waals surface area contributed by atoms with Crippen LogP contribution in [0.2, 0.25) is 0 Å². The van der Waals surface area contributed by atoms with Crippen LogP contribution in [0.5, 0.6) is 0 Å². The molecule has 6 nitrogen and oxygen atoms in total. The molecule has 0 aliphatic carbocycles. The van der Waals surface area contributed by atoms with Gasteiger partial charge in [-0.3, -0.25) is 4.79 Å². The molecule has 2 atom stereocenters. The second-order valence-corrected chi connectivity index (χ2v) is 4.32. The highest BCUT2D eigenvalue weighted by Crippen LogP contribution is 2.26. The third-order valence-corrected chi connectivity index (χ3v) is 3.29. The van der Waals surface area contributed by atoms with Crippen LogP contribution in [0.25, 0.3) is 0 Å². The summed E-state index contributed by atoms with van der Waals surface area (Å²) in [6.45, 7) is 3.02. The molecule has 1 aliphatic rings. The van der Waals surface area contributed by atoms with Gasteiger partial charge in [-0.1, -0.05) is 0 Å². The number of carbonyl (C=O) groups is 1. The minimum absolute atomic E-state index is 0.200. The van der Waals surface area contributed by atoms with Gasteiger partial charge in [-0.25, -0.2) is 4.98 Å². The third kappa shape index (κ3) is 2.51. The molecule has 0 bridgehead atoms. The van der Waals surface area contributed by atoms with Crippen molar-refractivity contribution >= 4 is 11.8 Å². The van der Waals surface area contributed by atoms with Gasteiger partial charge in [-0.05, 0) is 19.1 Å². The van der Waals surface area contributed by atoms with Gasteiger partial charge in [0.25, 0.3) is 0 Å². The maximum Gasteiger partial charge on any atom is 0.311 e. The Labute approximate surface area is 111 Å². The van der Waals surface area contributed by atoms with Crippen molar-refractivity contribution in [1.29, 1.82) is 5.26 Å². The molecule has 2 rings (SSSR count). The van der Waals surface area contributed by atoms with Crippen molar-refractivity contribution in [3.8, 4) is 6.07 Å². The molecule has 0 saturated carbocycles. The Morgan fingerprint density at radius 1 is 1.68 bits per heavy atom. The first-order valence-corrected chi connectivity index (χ1v) is 6.11. The van der Waals surface area contributed by atoms with Crippen LogP contribution in [0.4, 0.5) is 5.82 Å². The summed E-state index contributed by atoms with van der Waals surface area (Å²) in [6, 6.07) is 5.17. The number of rotatable bonds is 4. The van der Waals surface area contributed by atoms with Crippen molar-refractivity contribution < 1.29 is 14.6 Å². The lowest BCUT2D eigenvalue weighted by atomic mass is 10.0. The van der Waals surface area contributed by atoms with E-state index in [4.69, 9.17) is 10.00 Å². The Balaban J connectivity index is 2.34. The van der Waals surface area contributed by atoms with Crippen LogP contribution < -0.4 is 4.90 Å². The number of nitriles is 1. The number of aromatic nitrogens is 1. The van der Waals surface area contributed by atoms with Gasteiger partial charge >= 0.3 is 5.97 Å². The lowest BCUT2D eigenvalue weighted by Gasteiger charge is -2.30. The summed E-state index contributed by atoms with van der Waals surface area (Å²) in [4.78, 5) is 17.3. The molecule has 0 aromatic carbocycles. The molecule has 100 valence electrons. The van der Waals surface area contributed by atoms with Crippen molar-refractivity contribution in [2.24, 2.45) is 5.92 Å². The topological polar surface area (TPSA) is 86.5 Å². The van der Waals surface area contributed by atoms with E-state index in [2.05, 4.69) is 11.1 Å². The second kappa shape index (κ2) is 5.67. The number of carboxylic acids is 1. The average Bonchev–Trinajstić information content (AvgIpc) is 2.89. The molecule has 6 heteroatoms. The summed E-state index contributed by atoms with van der Waals surface area (Å²) >= 11 is 0. The van der Waals surface area contributed by atoms with Crippen LogP contribution in [0.1, 0.15) is 12.5 Å². The predicted molar refractivity (Wildman–Crippen MR) is 67.7 cm³/mol. The maximum atomic E-state index is 11.2. The monoisotopic (exact) mass is 261 g/mol. The standard InChI is InChI=1S/C13H15N3O3/c1-2-16(11-8-19-7-10(11)13(17)18)12-9(6-14)4-3-5-15-12/h3-5,10-11H,2,7-8H2,1H3,(H,17,18). The number of anilines is 1. The molecular weight excluding hydrogens is 246 g/mol. The van der Waals surface area contributed by atoms with E-state index in [1.807, 2.05) is 11.8 Å². The zero-order chi connectivity index (χ0) is 13.8. The molecule has 2 unspecified atom stereocenters. The highest BCUT2D eigenvalue weighted by Gasteiger charge is 2.38. The average molecular weight is 261 g/mol. The van der Waals surface area contributed by atoms with Gasteiger partial charge in [0, 0.05) is 12.7 Å². The third-order valence-electron chi connectivity index (χ3n) is 3.29. The zero-order valence-corrected chi connectivity index (χ0v) is 10.6. The number of hydrogen-bond donors (Lipinski definition) is 1. The minimum atomic E-state index is -0.879. The highest BCUT2D eigenvalue weighted by atomic mass is 16.5. The number of aliphatic carboxylic acids is 1. The Kier molecular flexibility index (Phi) is 3.97. The smallest absolute Gasteiger partial charge is 0.311 e. The van der Waals surface area contributed by atoms with E-state index in [0.29, 0.717) is 24.5 Å². The summed E-state index contributed by atoms with van der Waals surface area (Å²) in [5.41, 5.74) is 0.445. The summed E-state index contributed by atoms with van der Waals surface area (Å²) in [5, 5.41) is 18.3. The molecule has 19 heavy (non-hydrogen) atoms. The molecule has 1 aromatic heterocycles.